The van der Waals surface area contributed by atoms with Gasteiger partial charge < -0.3 is 10.6 Å². The van der Waals surface area contributed by atoms with Gasteiger partial charge in [-0.2, -0.15) is 0 Å². The van der Waals surface area contributed by atoms with Crippen molar-refractivity contribution < 1.29 is 4.79 Å². The zero-order valence-electron chi connectivity index (χ0n) is 12.3. The summed E-state index contributed by atoms with van der Waals surface area (Å²) < 4.78 is 0. The quantitative estimate of drug-likeness (QED) is 0.815. The summed E-state index contributed by atoms with van der Waals surface area (Å²) in [5, 5.41) is 0. The molecule has 0 aliphatic rings. The zero-order chi connectivity index (χ0) is 14.5. The normalized spacial score (nSPS) is 11.4. The number of rotatable bonds is 6. The van der Waals surface area contributed by atoms with Crippen LogP contribution in [-0.4, -0.2) is 36.7 Å². The van der Waals surface area contributed by atoms with E-state index in [4.69, 9.17) is 5.73 Å². The van der Waals surface area contributed by atoms with E-state index < -0.39 is 0 Å². The molecule has 106 valence electrons. The molecule has 0 aromatic heterocycles. The Morgan fingerprint density at radius 2 is 1.89 bits per heavy atom. The van der Waals surface area contributed by atoms with Gasteiger partial charge in [-0.05, 0) is 49.4 Å². The van der Waals surface area contributed by atoms with Gasteiger partial charge in [0.15, 0.2) is 0 Å². The maximum absolute atomic E-state index is 12.4. The fourth-order valence-corrected chi connectivity index (χ4v) is 2.23. The number of nitrogens with zero attached hydrogens (tertiary/aromatic N) is 1. The molecule has 1 aromatic carbocycles. The predicted molar refractivity (Wildman–Crippen MR) is 82.6 cm³/mol. The van der Waals surface area contributed by atoms with Crippen molar-refractivity contribution >= 4 is 17.7 Å². The third-order valence-electron chi connectivity index (χ3n) is 3.18. The van der Waals surface area contributed by atoms with Crippen LogP contribution in [0.15, 0.2) is 29.2 Å². The number of carbonyl (C=O) groups is 1. The molecule has 2 N–H and O–H groups in total. The van der Waals surface area contributed by atoms with Crippen molar-refractivity contribution in [2.75, 3.05) is 25.9 Å². The summed E-state index contributed by atoms with van der Waals surface area (Å²) in [7, 11) is 0. The highest BCUT2D eigenvalue weighted by molar-refractivity contribution is 7.98. The van der Waals surface area contributed by atoms with Gasteiger partial charge in [0.1, 0.15) is 0 Å². The second-order valence-electron chi connectivity index (χ2n) is 5.42. The van der Waals surface area contributed by atoms with Crippen LogP contribution in [0.25, 0.3) is 0 Å². The fraction of sp³-hybridized carbons (Fsp3) is 0.533. The van der Waals surface area contributed by atoms with Crippen molar-refractivity contribution in [2.24, 2.45) is 11.1 Å². The van der Waals surface area contributed by atoms with E-state index in [0.29, 0.717) is 19.6 Å². The van der Waals surface area contributed by atoms with Gasteiger partial charge in [-0.25, -0.2) is 0 Å². The van der Waals surface area contributed by atoms with Crippen molar-refractivity contribution in [1.29, 1.82) is 0 Å². The first-order valence-corrected chi connectivity index (χ1v) is 7.79. The third-order valence-corrected chi connectivity index (χ3v) is 3.92. The van der Waals surface area contributed by atoms with Gasteiger partial charge >= 0.3 is 0 Å². The van der Waals surface area contributed by atoms with Crippen LogP contribution in [-0.2, 0) is 0 Å². The van der Waals surface area contributed by atoms with E-state index in [1.54, 1.807) is 11.8 Å². The predicted octanol–water partition coefficient (Wildman–Crippen LogP) is 2.86. The van der Waals surface area contributed by atoms with Crippen molar-refractivity contribution in [3.8, 4) is 0 Å². The monoisotopic (exact) mass is 280 g/mol. The molecule has 3 nitrogen and oxygen atoms in total. The van der Waals surface area contributed by atoms with Crippen molar-refractivity contribution in [2.45, 2.75) is 25.7 Å². The molecule has 0 aliphatic carbocycles. The molecule has 0 radical (unpaired) electrons. The van der Waals surface area contributed by atoms with Crippen LogP contribution in [0.4, 0.5) is 0 Å². The second kappa shape index (κ2) is 6.96. The fourth-order valence-electron chi connectivity index (χ4n) is 1.82. The molecule has 1 amide bonds. The minimum absolute atomic E-state index is 0.0507. The van der Waals surface area contributed by atoms with E-state index in [9.17, 15) is 4.79 Å². The number of hydrogen-bond acceptors (Lipinski definition) is 3. The molecule has 19 heavy (non-hydrogen) atoms. The number of carbonyl (C=O) groups excluding carboxylic acids is 1. The van der Waals surface area contributed by atoms with Crippen LogP contribution in [0.5, 0.6) is 0 Å². The molecule has 1 rings (SSSR count). The van der Waals surface area contributed by atoms with Gasteiger partial charge in [-0.15, -0.1) is 11.8 Å². The van der Waals surface area contributed by atoms with E-state index in [2.05, 4.69) is 13.8 Å². The largest absolute Gasteiger partial charge is 0.338 e. The lowest BCUT2D eigenvalue weighted by Crippen LogP contribution is -2.41. The highest BCUT2D eigenvalue weighted by atomic mass is 32.2. The number of benzene rings is 1. The maximum atomic E-state index is 12.4. The molecule has 1 aromatic rings. The summed E-state index contributed by atoms with van der Waals surface area (Å²) in [6.45, 7) is 8.12. The Hall–Kier alpha value is -1.00. The van der Waals surface area contributed by atoms with Crippen LogP contribution in [0.3, 0.4) is 0 Å². The Labute approximate surface area is 120 Å². The molecular formula is C15H24N2OS. The summed E-state index contributed by atoms with van der Waals surface area (Å²) in [6, 6.07) is 7.76. The molecule has 0 unspecified atom stereocenters. The second-order valence-corrected chi connectivity index (χ2v) is 6.30. The Bertz CT molecular complexity index is 415. The van der Waals surface area contributed by atoms with Gasteiger partial charge in [0.2, 0.25) is 0 Å². The molecule has 0 fully saturated rings. The van der Waals surface area contributed by atoms with Gasteiger partial charge in [0.05, 0.1) is 0 Å². The Morgan fingerprint density at radius 3 is 2.32 bits per heavy atom. The molecule has 0 aliphatic heterocycles. The lowest BCUT2D eigenvalue weighted by atomic mass is 9.93. The van der Waals surface area contributed by atoms with Gasteiger partial charge in [0, 0.05) is 23.5 Å². The highest BCUT2D eigenvalue weighted by Crippen LogP contribution is 2.19. The lowest BCUT2D eigenvalue weighted by molar-refractivity contribution is 0.0701. The van der Waals surface area contributed by atoms with Crippen molar-refractivity contribution in [3.05, 3.63) is 29.8 Å². The Morgan fingerprint density at radius 1 is 1.32 bits per heavy atom. The van der Waals surface area contributed by atoms with Crippen LogP contribution in [0, 0.1) is 5.41 Å². The highest BCUT2D eigenvalue weighted by Gasteiger charge is 2.23. The van der Waals surface area contributed by atoms with Gasteiger partial charge in [-0.1, -0.05) is 13.8 Å². The number of amides is 1. The molecule has 0 saturated heterocycles. The van der Waals surface area contributed by atoms with Crippen molar-refractivity contribution in [3.63, 3.8) is 0 Å². The Kier molecular flexibility index (Phi) is 5.88. The Balaban J connectivity index is 2.83. The SMILES string of the molecule is CCN(CC(C)(C)CN)C(=O)c1ccc(SC)cc1. The first-order chi connectivity index (χ1) is 8.93. The van der Waals surface area contributed by atoms with Crippen molar-refractivity contribution in [1.82, 2.24) is 4.90 Å². The number of nitrogens with two attached hydrogens (primary N) is 1. The molecule has 4 heteroatoms. The van der Waals surface area contributed by atoms with Crippen LogP contribution < -0.4 is 5.73 Å². The lowest BCUT2D eigenvalue weighted by Gasteiger charge is -2.31. The van der Waals surface area contributed by atoms with Crippen LogP contribution in [0.1, 0.15) is 31.1 Å². The molecule has 0 spiro atoms. The van der Waals surface area contributed by atoms with E-state index in [0.717, 1.165) is 5.56 Å². The van der Waals surface area contributed by atoms with E-state index >= 15 is 0 Å². The average Bonchev–Trinajstić information content (AvgIpc) is 2.44. The van der Waals surface area contributed by atoms with Crippen LogP contribution in [0.2, 0.25) is 0 Å². The molecule has 0 saturated carbocycles. The average molecular weight is 280 g/mol. The first kappa shape index (κ1) is 16.1. The topological polar surface area (TPSA) is 46.3 Å². The van der Waals surface area contributed by atoms with E-state index in [1.165, 1.54) is 4.90 Å². The first-order valence-electron chi connectivity index (χ1n) is 6.57. The summed E-state index contributed by atoms with van der Waals surface area (Å²) >= 11 is 1.68. The van der Waals surface area contributed by atoms with E-state index in [1.807, 2.05) is 42.3 Å². The minimum atomic E-state index is -0.0507. The third kappa shape index (κ3) is 4.55. The molecule has 0 bridgehead atoms. The van der Waals surface area contributed by atoms with Gasteiger partial charge in [0.25, 0.3) is 5.91 Å². The van der Waals surface area contributed by atoms with E-state index in [-0.39, 0.29) is 11.3 Å². The minimum Gasteiger partial charge on any atom is -0.338 e. The molecular weight excluding hydrogens is 256 g/mol. The number of thioether (sulfide) groups is 1. The summed E-state index contributed by atoms with van der Waals surface area (Å²) in [6.07, 6.45) is 2.03. The standard InChI is InChI=1S/C15H24N2OS/c1-5-17(11-15(2,3)10-16)14(18)12-6-8-13(19-4)9-7-12/h6-9H,5,10-11,16H2,1-4H3. The van der Waals surface area contributed by atoms with Gasteiger partial charge in [-0.3, -0.25) is 4.79 Å². The summed E-state index contributed by atoms with van der Waals surface area (Å²) in [4.78, 5) is 15.5. The summed E-state index contributed by atoms with van der Waals surface area (Å²) in [5.41, 5.74) is 6.44. The smallest absolute Gasteiger partial charge is 0.253 e. The maximum Gasteiger partial charge on any atom is 0.253 e. The van der Waals surface area contributed by atoms with Crippen LogP contribution >= 0.6 is 11.8 Å². The molecule has 0 atom stereocenters. The number of hydrogen-bond donors (Lipinski definition) is 1. The zero-order valence-corrected chi connectivity index (χ0v) is 13.1. The summed E-state index contributed by atoms with van der Waals surface area (Å²) in [5.74, 6) is 0.0803. The molecule has 0 heterocycles.